The average Bonchev–Trinajstić information content (AvgIpc) is 2.33. The zero-order valence-electron chi connectivity index (χ0n) is 11.3. The van der Waals surface area contributed by atoms with Crippen LogP contribution in [0.25, 0.3) is 0 Å². The van der Waals surface area contributed by atoms with Crippen LogP contribution in [0.2, 0.25) is 0 Å². The molecule has 2 N–H and O–H groups in total. The number of ether oxygens (including phenoxy) is 1. The second-order valence-corrected chi connectivity index (χ2v) is 6.18. The Morgan fingerprint density at radius 1 is 1.42 bits per heavy atom. The summed E-state index contributed by atoms with van der Waals surface area (Å²) >= 11 is 0. The third-order valence-electron chi connectivity index (χ3n) is 2.76. The van der Waals surface area contributed by atoms with E-state index in [-0.39, 0.29) is 18.8 Å². The van der Waals surface area contributed by atoms with Crippen LogP contribution < -0.4 is 5.73 Å². The SMILES string of the molecule is CCOCCN(C)S(=O)(=O)c1cc(N)c(C)cc1F. The molecule has 0 saturated heterocycles. The van der Waals surface area contributed by atoms with Gasteiger partial charge in [-0.3, -0.25) is 0 Å². The quantitative estimate of drug-likeness (QED) is 0.634. The summed E-state index contributed by atoms with van der Waals surface area (Å²) in [6.45, 7) is 4.35. The topological polar surface area (TPSA) is 72.6 Å². The van der Waals surface area contributed by atoms with Gasteiger partial charge in [-0.1, -0.05) is 0 Å². The first-order valence-electron chi connectivity index (χ1n) is 5.90. The molecule has 1 aromatic rings. The summed E-state index contributed by atoms with van der Waals surface area (Å²) < 4.78 is 44.3. The van der Waals surface area contributed by atoms with Crippen molar-refractivity contribution in [2.24, 2.45) is 0 Å². The van der Waals surface area contributed by atoms with Crippen LogP contribution in [0.1, 0.15) is 12.5 Å². The number of nitrogen functional groups attached to an aromatic ring is 1. The summed E-state index contributed by atoms with van der Waals surface area (Å²) in [5.74, 6) is -0.796. The summed E-state index contributed by atoms with van der Waals surface area (Å²) in [4.78, 5) is -0.408. The molecule has 0 bridgehead atoms. The van der Waals surface area contributed by atoms with Gasteiger partial charge in [0.15, 0.2) is 0 Å². The van der Waals surface area contributed by atoms with Crippen molar-refractivity contribution in [2.45, 2.75) is 18.7 Å². The highest BCUT2D eigenvalue weighted by atomic mass is 32.2. The molecular formula is C12H19FN2O3S. The smallest absolute Gasteiger partial charge is 0.245 e. The van der Waals surface area contributed by atoms with Crippen molar-refractivity contribution < 1.29 is 17.5 Å². The second-order valence-electron chi connectivity index (χ2n) is 4.16. The molecule has 7 heteroatoms. The molecule has 0 spiro atoms. The molecule has 0 aliphatic carbocycles. The van der Waals surface area contributed by atoms with Gasteiger partial charge in [0, 0.05) is 25.9 Å². The largest absolute Gasteiger partial charge is 0.398 e. The molecule has 0 radical (unpaired) electrons. The Kier molecular flexibility index (Phi) is 5.28. The lowest BCUT2D eigenvalue weighted by Gasteiger charge is -2.18. The highest BCUT2D eigenvalue weighted by molar-refractivity contribution is 7.89. The van der Waals surface area contributed by atoms with Crippen molar-refractivity contribution in [1.82, 2.24) is 4.31 Å². The van der Waals surface area contributed by atoms with Crippen LogP contribution in [0.4, 0.5) is 10.1 Å². The van der Waals surface area contributed by atoms with Gasteiger partial charge in [0.1, 0.15) is 10.7 Å². The number of rotatable bonds is 6. The fourth-order valence-corrected chi connectivity index (χ4v) is 2.72. The molecule has 0 aromatic heterocycles. The number of sulfonamides is 1. The van der Waals surface area contributed by atoms with Crippen LogP contribution in [0.3, 0.4) is 0 Å². The van der Waals surface area contributed by atoms with E-state index in [2.05, 4.69) is 0 Å². The van der Waals surface area contributed by atoms with Gasteiger partial charge < -0.3 is 10.5 Å². The first kappa shape index (κ1) is 15.9. The minimum Gasteiger partial charge on any atom is -0.398 e. The van der Waals surface area contributed by atoms with Crippen LogP contribution in [-0.4, -0.2) is 39.5 Å². The zero-order valence-corrected chi connectivity index (χ0v) is 12.1. The molecule has 19 heavy (non-hydrogen) atoms. The van der Waals surface area contributed by atoms with Gasteiger partial charge in [-0.25, -0.2) is 12.8 Å². The molecule has 0 fully saturated rings. The Labute approximate surface area is 113 Å². The number of nitrogens with zero attached hydrogens (tertiary/aromatic N) is 1. The van der Waals surface area contributed by atoms with Gasteiger partial charge in [-0.15, -0.1) is 0 Å². The number of halogens is 1. The highest BCUT2D eigenvalue weighted by Crippen LogP contribution is 2.23. The lowest BCUT2D eigenvalue weighted by atomic mass is 10.2. The molecule has 1 aromatic carbocycles. The first-order valence-corrected chi connectivity index (χ1v) is 7.34. The van der Waals surface area contributed by atoms with Crippen molar-refractivity contribution in [3.05, 3.63) is 23.5 Å². The molecule has 0 atom stereocenters. The minimum absolute atomic E-state index is 0.156. The Hall–Kier alpha value is -1.18. The third-order valence-corrected chi connectivity index (χ3v) is 4.64. The van der Waals surface area contributed by atoms with E-state index in [9.17, 15) is 12.8 Å². The maximum Gasteiger partial charge on any atom is 0.245 e. The Balaban J connectivity index is 3.03. The number of hydrogen-bond donors (Lipinski definition) is 1. The Morgan fingerprint density at radius 2 is 2.05 bits per heavy atom. The average molecular weight is 290 g/mol. The number of nitrogens with two attached hydrogens (primary N) is 1. The van der Waals surface area contributed by atoms with Crippen LogP contribution >= 0.6 is 0 Å². The Morgan fingerprint density at radius 3 is 2.63 bits per heavy atom. The molecule has 0 aliphatic rings. The summed E-state index contributed by atoms with van der Waals surface area (Å²) in [5.41, 5.74) is 6.39. The lowest BCUT2D eigenvalue weighted by molar-refractivity contribution is 0.138. The number of aryl methyl sites for hydroxylation is 1. The molecule has 0 heterocycles. The van der Waals surface area contributed by atoms with Crippen LogP contribution in [0, 0.1) is 12.7 Å². The fourth-order valence-electron chi connectivity index (χ4n) is 1.49. The number of benzene rings is 1. The van der Waals surface area contributed by atoms with Crippen molar-refractivity contribution >= 4 is 15.7 Å². The van der Waals surface area contributed by atoms with Crippen molar-refractivity contribution in [2.75, 3.05) is 32.5 Å². The molecule has 0 amide bonds. The molecular weight excluding hydrogens is 271 g/mol. The lowest BCUT2D eigenvalue weighted by Crippen LogP contribution is -2.31. The summed E-state index contributed by atoms with van der Waals surface area (Å²) in [6.07, 6.45) is 0. The van der Waals surface area contributed by atoms with E-state index in [1.54, 1.807) is 6.92 Å². The van der Waals surface area contributed by atoms with E-state index in [0.29, 0.717) is 12.2 Å². The van der Waals surface area contributed by atoms with E-state index in [1.165, 1.54) is 7.05 Å². The molecule has 108 valence electrons. The van der Waals surface area contributed by atoms with Crippen LogP contribution in [0.5, 0.6) is 0 Å². The van der Waals surface area contributed by atoms with Gasteiger partial charge >= 0.3 is 0 Å². The molecule has 0 saturated carbocycles. The second kappa shape index (κ2) is 6.31. The molecule has 0 aliphatic heterocycles. The summed E-state index contributed by atoms with van der Waals surface area (Å²) in [6, 6.07) is 2.27. The summed E-state index contributed by atoms with van der Waals surface area (Å²) in [5, 5.41) is 0. The van der Waals surface area contributed by atoms with Crippen LogP contribution in [-0.2, 0) is 14.8 Å². The predicted molar refractivity (Wildman–Crippen MR) is 71.9 cm³/mol. The van der Waals surface area contributed by atoms with Gasteiger partial charge in [0.2, 0.25) is 10.0 Å². The maximum absolute atomic E-state index is 13.8. The van der Waals surface area contributed by atoms with E-state index >= 15 is 0 Å². The number of hydrogen-bond acceptors (Lipinski definition) is 4. The normalized spacial score (nSPS) is 12.1. The summed E-state index contributed by atoms with van der Waals surface area (Å²) in [7, 11) is -2.51. The molecule has 1 rings (SSSR count). The van der Waals surface area contributed by atoms with Crippen molar-refractivity contribution in [1.29, 1.82) is 0 Å². The molecule has 5 nitrogen and oxygen atoms in total. The zero-order chi connectivity index (χ0) is 14.6. The van der Waals surface area contributed by atoms with E-state index in [0.717, 1.165) is 16.4 Å². The standard InChI is InChI=1S/C12H19FN2O3S/c1-4-18-6-5-15(3)19(16,17)12-8-11(14)9(2)7-10(12)13/h7-8H,4-6,14H2,1-3H3. The monoisotopic (exact) mass is 290 g/mol. The van der Waals surface area contributed by atoms with E-state index < -0.39 is 20.7 Å². The van der Waals surface area contributed by atoms with Gasteiger partial charge in [-0.2, -0.15) is 4.31 Å². The van der Waals surface area contributed by atoms with Gasteiger partial charge in [-0.05, 0) is 31.5 Å². The molecule has 0 unspecified atom stereocenters. The van der Waals surface area contributed by atoms with E-state index in [1.807, 2.05) is 6.92 Å². The fraction of sp³-hybridized carbons (Fsp3) is 0.500. The minimum atomic E-state index is -3.89. The predicted octanol–water partition coefficient (Wildman–Crippen LogP) is 1.37. The highest BCUT2D eigenvalue weighted by Gasteiger charge is 2.25. The van der Waals surface area contributed by atoms with E-state index in [4.69, 9.17) is 10.5 Å². The van der Waals surface area contributed by atoms with Crippen molar-refractivity contribution in [3.8, 4) is 0 Å². The third kappa shape index (κ3) is 3.65. The number of anilines is 1. The Bertz CT molecular complexity index is 546. The van der Waals surface area contributed by atoms with Crippen molar-refractivity contribution in [3.63, 3.8) is 0 Å². The van der Waals surface area contributed by atoms with Gasteiger partial charge in [0.05, 0.1) is 6.61 Å². The number of likely N-dealkylation sites (N-methyl/N-ethyl adjacent to an activating group) is 1. The van der Waals surface area contributed by atoms with Gasteiger partial charge in [0.25, 0.3) is 0 Å². The first-order chi connectivity index (χ1) is 8.80. The maximum atomic E-state index is 13.8. The van der Waals surface area contributed by atoms with Crippen LogP contribution in [0.15, 0.2) is 17.0 Å².